The Balaban J connectivity index is 2.87. The molecule has 0 heterocycles. The van der Waals surface area contributed by atoms with Crippen LogP contribution in [0.1, 0.15) is 0 Å². The van der Waals surface area contributed by atoms with Crippen molar-refractivity contribution in [2.24, 2.45) is 5.73 Å². The Morgan fingerprint density at radius 1 is 1.60 bits per heavy atom. The van der Waals surface area contributed by atoms with Crippen LogP contribution in [0.2, 0.25) is 0 Å². The van der Waals surface area contributed by atoms with Gasteiger partial charge in [0, 0.05) is 0 Å². The molecular weight excluding hydrogens is 126 g/mol. The molecular formula is C8H11NO. The summed E-state index contributed by atoms with van der Waals surface area (Å²) in [6.07, 6.45) is 7.83. The molecule has 54 valence electrons. The first-order chi connectivity index (χ1) is 4.69. The highest BCUT2D eigenvalue weighted by molar-refractivity contribution is 5.29. The molecule has 0 aliphatic heterocycles. The summed E-state index contributed by atoms with van der Waals surface area (Å²) in [6.45, 7) is 3.54. The van der Waals surface area contributed by atoms with Crippen molar-refractivity contribution in [1.29, 1.82) is 0 Å². The maximum atomic E-state index is 9.29. The van der Waals surface area contributed by atoms with Crippen molar-refractivity contribution < 1.29 is 5.11 Å². The predicted octanol–water partition coefficient (Wildman–Crippen LogP) is 0.357. The minimum absolute atomic E-state index is 0.644. The fourth-order valence-corrected chi connectivity index (χ4v) is 0.846. The van der Waals surface area contributed by atoms with Gasteiger partial charge < -0.3 is 10.8 Å². The first-order valence-electron chi connectivity index (χ1n) is 3.15. The number of aliphatic hydroxyl groups excluding tert-OH is 1. The van der Waals surface area contributed by atoms with E-state index in [0.717, 1.165) is 0 Å². The lowest BCUT2D eigenvalue weighted by atomic mass is 9.90. The molecule has 1 unspecified atom stereocenters. The molecule has 1 rings (SSSR count). The summed E-state index contributed by atoms with van der Waals surface area (Å²) in [6, 6.07) is 0. The van der Waals surface area contributed by atoms with E-state index in [0.29, 0.717) is 0 Å². The molecule has 0 saturated heterocycles. The van der Waals surface area contributed by atoms with Gasteiger partial charge in [0.15, 0.2) is 0 Å². The summed E-state index contributed by atoms with van der Waals surface area (Å²) >= 11 is 0. The van der Waals surface area contributed by atoms with Crippen molar-refractivity contribution in [3.63, 3.8) is 0 Å². The molecule has 2 atom stereocenters. The number of aliphatic hydroxyl groups is 1. The van der Waals surface area contributed by atoms with E-state index in [1.807, 2.05) is 0 Å². The molecule has 0 radical (unpaired) electrons. The molecule has 0 aromatic carbocycles. The molecule has 0 spiro atoms. The molecule has 0 aromatic heterocycles. The molecule has 10 heavy (non-hydrogen) atoms. The lowest BCUT2D eigenvalue weighted by Crippen LogP contribution is -2.47. The second-order valence-corrected chi connectivity index (χ2v) is 2.39. The normalized spacial score (nSPS) is 38.0. The van der Waals surface area contributed by atoms with E-state index in [-0.39, 0.29) is 0 Å². The van der Waals surface area contributed by atoms with E-state index in [1.165, 1.54) is 6.08 Å². The van der Waals surface area contributed by atoms with Crippen LogP contribution in [0.5, 0.6) is 0 Å². The summed E-state index contributed by atoms with van der Waals surface area (Å²) in [7, 11) is 0. The van der Waals surface area contributed by atoms with E-state index in [1.54, 1.807) is 24.3 Å². The Labute approximate surface area is 60.4 Å². The predicted molar refractivity (Wildman–Crippen MR) is 41.4 cm³/mol. The Bertz CT molecular complexity index is 195. The number of rotatable bonds is 1. The third-order valence-corrected chi connectivity index (χ3v) is 1.66. The summed E-state index contributed by atoms with van der Waals surface area (Å²) in [5, 5.41) is 9.29. The molecule has 2 heteroatoms. The minimum atomic E-state index is -0.769. The zero-order valence-corrected chi connectivity index (χ0v) is 5.70. The fourth-order valence-electron chi connectivity index (χ4n) is 0.846. The molecule has 3 N–H and O–H groups in total. The average molecular weight is 137 g/mol. The third-order valence-electron chi connectivity index (χ3n) is 1.66. The van der Waals surface area contributed by atoms with Gasteiger partial charge in [-0.15, -0.1) is 6.58 Å². The fraction of sp³-hybridized carbons (Fsp3) is 0.250. The van der Waals surface area contributed by atoms with E-state index in [2.05, 4.69) is 6.58 Å². The lowest BCUT2D eigenvalue weighted by Gasteiger charge is -2.27. The van der Waals surface area contributed by atoms with Crippen molar-refractivity contribution in [1.82, 2.24) is 0 Å². The molecule has 0 bridgehead atoms. The average Bonchev–Trinajstić information content (AvgIpc) is 1.96. The second-order valence-electron chi connectivity index (χ2n) is 2.39. The highest BCUT2D eigenvalue weighted by atomic mass is 16.3. The highest BCUT2D eigenvalue weighted by Crippen LogP contribution is 2.15. The molecule has 1 aliphatic rings. The monoisotopic (exact) mass is 137 g/mol. The van der Waals surface area contributed by atoms with Gasteiger partial charge in [0.25, 0.3) is 0 Å². The molecule has 1 aliphatic carbocycles. The third kappa shape index (κ3) is 1.03. The number of nitrogens with two attached hydrogens (primary N) is 1. The SMILES string of the molecule is C=C[C@]1(N)C=CC=CC1O. The first kappa shape index (κ1) is 7.25. The van der Waals surface area contributed by atoms with E-state index < -0.39 is 11.6 Å². The van der Waals surface area contributed by atoms with Crippen LogP contribution in [-0.4, -0.2) is 16.7 Å². The van der Waals surface area contributed by atoms with E-state index >= 15 is 0 Å². The van der Waals surface area contributed by atoms with Crippen molar-refractivity contribution >= 4 is 0 Å². The van der Waals surface area contributed by atoms with Crippen LogP contribution in [0, 0.1) is 0 Å². The first-order valence-corrected chi connectivity index (χ1v) is 3.15. The maximum absolute atomic E-state index is 9.29. The number of hydrogen-bond acceptors (Lipinski definition) is 2. The molecule has 0 amide bonds. The van der Waals surface area contributed by atoms with Gasteiger partial charge in [-0.2, -0.15) is 0 Å². The molecule has 0 fully saturated rings. The standard InChI is InChI=1S/C8H11NO/c1-2-8(9)6-4-3-5-7(8)10/h2-7,10H,1,9H2/t7?,8-/m0/s1. The summed E-state index contributed by atoms with van der Waals surface area (Å²) in [4.78, 5) is 0. The van der Waals surface area contributed by atoms with Crippen LogP contribution in [-0.2, 0) is 0 Å². The lowest BCUT2D eigenvalue weighted by molar-refractivity contribution is 0.176. The largest absolute Gasteiger partial charge is 0.386 e. The summed E-state index contributed by atoms with van der Waals surface area (Å²) < 4.78 is 0. The van der Waals surface area contributed by atoms with Crippen LogP contribution in [0.3, 0.4) is 0 Å². The number of hydrogen-bond donors (Lipinski definition) is 2. The van der Waals surface area contributed by atoms with Crippen LogP contribution in [0.25, 0.3) is 0 Å². The topological polar surface area (TPSA) is 46.2 Å². The van der Waals surface area contributed by atoms with Gasteiger partial charge >= 0.3 is 0 Å². The van der Waals surface area contributed by atoms with Gasteiger partial charge in [0.2, 0.25) is 0 Å². The Morgan fingerprint density at radius 2 is 2.30 bits per heavy atom. The van der Waals surface area contributed by atoms with Gasteiger partial charge in [-0.25, -0.2) is 0 Å². The minimum Gasteiger partial charge on any atom is -0.386 e. The van der Waals surface area contributed by atoms with Crippen molar-refractivity contribution in [3.05, 3.63) is 37.0 Å². The van der Waals surface area contributed by atoms with Gasteiger partial charge in [0.05, 0.1) is 11.6 Å². The van der Waals surface area contributed by atoms with Crippen molar-refractivity contribution in [2.45, 2.75) is 11.6 Å². The van der Waals surface area contributed by atoms with Gasteiger partial charge in [0.1, 0.15) is 0 Å². The highest BCUT2D eigenvalue weighted by Gasteiger charge is 2.26. The second kappa shape index (κ2) is 2.40. The van der Waals surface area contributed by atoms with Crippen LogP contribution >= 0.6 is 0 Å². The van der Waals surface area contributed by atoms with Gasteiger partial charge in [-0.1, -0.05) is 30.4 Å². The smallest absolute Gasteiger partial charge is 0.0975 e. The summed E-state index contributed by atoms with van der Waals surface area (Å²) in [5.41, 5.74) is 4.93. The number of allylic oxidation sites excluding steroid dienone is 2. The zero-order valence-electron chi connectivity index (χ0n) is 5.70. The van der Waals surface area contributed by atoms with Gasteiger partial charge in [-0.3, -0.25) is 0 Å². The molecule has 0 aromatic rings. The zero-order chi connectivity index (χ0) is 7.61. The van der Waals surface area contributed by atoms with Crippen molar-refractivity contribution in [3.8, 4) is 0 Å². The summed E-state index contributed by atoms with van der Waals surface area (Å²) in [5.74, 6) is 0. The van der Waals surface area contributed by atoms with Crippen LogP contribution < -0.4 is 5.73 Å². The maximum Gasteiger partial charge on any atom is 0.0975 e. The Kier molecular flexibility index (Phi) is 1.74. The van der Waals surface area contributed by atoms with Crippen LogP contribution in [0.15, 0.2) is 37.0 Å². The Morgan fingerprint density at radius 3 is 2.70 bits per heavy atom. The van der Waals surface area contributed by atoms with Gasteiger partial charge in [-0.05, 0) is 0 Å². The van der Waals surface area contributed by atoms with Crippen LogP contribution in [0.4, 0.5) is 0 Å². The van der Waals surface area contributed by atoms with E-state index in [4.69, 9.17) is 5.73 Å². The van der Waals surface area contributed by atoms with Crippen molar-refractivity contribution in [2.75, 3.05) is 0 Å². The molecule has 0 saturated carbocycles. The molecule has 2 nitrogen and oxygen atoms in total. The quantitative estimate of drug-likeness (QED) is 0.512. The van der Waals surface area contributed by atoms with E-state index in [9.17, 15) is 5.11 Å². The Hall–Kier alpha value is -0.860.